The zero-order valence-electron chi connectivity index (χ0n) is 7.89. The van der Waals surface area contributed by atoms with Gasteiger partial charge in [-0.05, 0) is 0 Å². The molecular formula is C7H13N3O4. The number of hydrogen-bond donors (Lipinski definition) is 4. The Labute approximate surface area is 80.9 Å². The van der Waals surface area contributed by atoms with Gasteiger partial charge in [-0.25, -0.2) is 9.59 Å². The molecule has 0 bridgehead atoms. The SMILES string of the molecule is CN(C)C(=N)N.O=C(O)/C=C/C(=O)O. The molecule has 0 fully saturated rings. The van der Waals surface area contributed by atoms with Crippen molar-refractivity contribution >= 4 is 17.9 Å². The van der Waals surface area contributed by atoms with Gasteiger partial charge in [-0.1, -0.05) is 0 Å². The molecule has 0 unspecified atom stereocenters. The fraction of sp³-hybridized carbons (Fsp3) is 0.286. The fourth-order valence-electron chi connectivity index (χ4n) is 0.143. The van der Waals surface area contributed by atoms with Crippen LogP contribution in [0, 0.1) is 5.41 Å². The number of carbonyl (C=O) groups is 2. The van der Waals surface area contributed by atoms with Gasteiger partial charge in [0.05, 0.1) is 0 Å². The molecule has 7 nitrogen and oxygen atoms in total. The first-order chi connectivity index (χ1) is 6.27. The topological polar surface area (TPSA) is 128 Å². The number of carboxylic acid groups (broad SMARTS) is 2. The van der Waals surface area contributed by atoms with E-state index in [-0.39, 0.29) is 5.96 Å². The molecule has 0 aliphatic carbocycles. The standard InChI is InChI=1S/C4H4O4.C3H9N3/c5-3(6)1-2-4(7)8;1-6(2)3(4)5/h1-2H,(H,5,6)(H,7,8);1-2H3,(H3,4,5)/b2-1+;. The lowest BCUT2D eigenvalue weighted by Gasteiger charge is -2.05. The number of rotatable bonds is 2. The molecule has 14 heavy (non-hydrogen) atoms. The largest absolute Gasteiger partial charge is 0.478 e. The van der Waals surface area contributed by atoms with E-state index in [1.165, 1.54) is 4.90 Å². The number of aliphatic carboxylic acids is 2. The van der Waals surface area contributed by atoms with Crippen molar-refractivity contribution in [2.24, 2.45) is 5.73 Å². The predicted molar refractivity (Wildman–Crippen MR) is 50.0 cm³/mol. The Kier molecular flexibility index (Phi) is 7.85. The van der Waals surface area contributed by atoms with Gasteiger partial charge in [0.1, 0.15) is 0 Å². The van der Waals surface area contributed by atoms with Crippen molar-refractivity contribution in [2.75, 3.05) is 14.1 Å². The third kappa shape index (κ3) is 16.5. The van der Waals surface area contributed by atoms with Crippen molar-refractivity contribution < 1.29 is 19.8 Å². The third-order valence-electron chi connectivity index (χ3n) is 0.850. The average molecular weight is 203 g/mol. The van der Waals surface area contributed by atoms with E-state index >= 15 is 0 Å². The summed E-state index contributed by atoms with van der Waals surface area (Å²) in [6, 6.07) is 0. The molecule has 7 heteroatoms. The van der Waals surface area contributed by atoms with Crippen LogP contribution in [0.5, 0.6) is 0 Å². The van der Waals surface area contributed by atoms with Crippen molar-refractivity contribution in [3.63, 3.8) is 0 Å². The maximum atomic E-state index is 9.55. The number of guanidine groups is 1. The van der Waals surface area contributed by atoms with E-state index < -0.39 is 11.9 Å². The second-order valence-corrected chi connectivity index (χ2v) is 2.29. The van der Waals surface area contributed by atoms with E-state index in [4.69, 9.17) is 21.4 Å². The van der Waals surface area contributed by atoms with Crippen molar-refractivity contribution in [2.45, 2.75) is 0 Å². The lowest BCUT2D eigenvalue weighted by Crippen LogP contribution is -2.28. The maximum absolute atomic E-state index is 9.55. The monoisotopic (exact) mass is 203 g/mol. The molecule has 0 aliphatic rings. The van der Waals surface area contributed by atoms with E-state index in [1.54, 1.807) is 14.1 Å². The van der Waals surface area contributed by atoms with Crippen LogP contribution in [0.2, 0.25) is 0 Å². The summed E-state index contributed by atoms with van der Waals surface area (Å²) in [6.45, 7) is 0. The predicted octanol–water partition coefficient (Wildman–Crippen LogP) is -0.847. The van der Waals surface area contributed by atoms with Crippen LogP contribution < -0.4 is 5.73 Å². The molecular weight excluding hydrogens is 190 g/mol. The Morgan fingerprint density at radius 2 is 1.43 bits per heavy atom. The summed E-state index contributed by atoms with van der Waals surface area (Å²) in [7, 11) is 3.45. The molecule has 0 atom stereocenters. The Hall–Kier alpha value is -2.05. The Morgan fingerprint density at radius 3 is 1.50 bits per heavy atom. The van der Waals surface area contributed by atoms with Crippen molar-refractivity contribution in [1.82, 2.24) is 4.90 Å². The van der Waals surface area contributed by atoms with E-state index in [0.717, 1.165) is 0 Å². The lowest BCUT2D eigenvalue weighted by atomic mass is 10.5. The molecule has 0 heterocycles. The van der Waals surface area contributed by atoms with Crippen molar-refractivity contribution in [3.8, 4) is 0 Å². The zero-order valence-corrected chi connectivity index (χ0v) is 7.89. The minimum atomic E-state index is -1.26. The van der Waals surface area contributed by atoms with Gasteiger partial charge in [-0.3, -0.25) is 5.41 Å². The van der Waals surface area contributed by atoms with E-state index in [9.17, 15) is 9.59 Å². The molecule has 0 saturated heterocycles. The number of hydrogen-bond acceptors (Lipinski definition) is 3. The summed E-state index contributed by atoms with van der Waals surface area (Å²) in [5, 5.41) is 22.3. The van der Waals surface area contributed by atoms with E-state index in [0.29, 0.717) is 12.2 Å². The summed E-state index contributed by atoms with van der Waals surface area (Å²) in [5.74, 6) is -2.42. The van der Waals surface area contributed by atoms with Crippen LogP contribution in [0.3, 0.4) is 0 Å². The summed E-state index contributed by atoms with van der Waals surface area (Å²) in [5.41, 5.74) is 4.94. The van der Waals surface area contributed by atoms with Crippen LogP contribution in [0.4, 0.5) is 0 Å². The maximum Gasteiger partial charge on any atom is 0.328 e. The third-order valence-corrected chi connectivity index (χ3v) is 0.850. The second-order valence-electron chi connectivity index (χ2n) is 2.29. The molecule has 0 rings (SSSR count). The van der Waals surface area contributed by atoms with Gasteiger partial charge in [0, 0.05) is 26.2 Å². The average Bonchev–Trinajstić information content (AvgIpc) is 2.01. The molecule has 0 saturated carbocycles. The molecule has 0 amide bonds. The Morgan fingerprint density at radius 1 is 1.21 bits per heavy atom. The molecule has 80 valence electrons. The molecule has 0 aliphatic heterocycles. The minimum absolute atomic E-state index is 0.0926. The quantitative estimate of drug-likeness (QED) is 0.263. The minimum Gasteiger partial charge on any atom is -0.478 e. The highest BCUT2D eigenvalue weighted by atomic mass is 16.4. The first-order valence-corrected chi connectivity index (χ1v) is 3.42. The van der Waals surface area contributed by atoms with Crippen LogP contribution in [-0.4, -0.2) is 47.1 Å². The molecule has 0 radical (unpaired) electrons. The summed E-state index contributed by atoms with van der Waals surface area (Å²) in [6.07, 6.45) is 1.12. The number of carboxylic acids is 2. The highest BCUT2D eigenvalue weighted by Crippen LogP contribution is 1.70. The molecule has 0 aromatic rings. The van der Waals surface area contributed by atoms with Gasteiger partial charge >= 0.3 is 11.9 Å². The van der Waals surface area contributed by atoms with E-state index in [1.807, 2.05) is 0 Å². The van der Waals surface area contributed by atoms with Crippen LogP contribution >= 0.6 is 0 Å². The lowest BCUT2D eigenvalue weighted by molar-refractivity contribution is -0.134. The highest BCUT2D eigenvalue weighted by Gasteiger charge is 1.88. The van der Waals surface area contributed by atoms with Gasteiger partial charge in [0.15, 0.2) is 5.96 Å². The first-order valence-electron chi connectivity index (χ1n) is 3.42. The molecule has 0 aromatic carbocycles. The molecule has 0 aromatic heterocycles. The summed E-state index contributed by atoms with van der Waals surface area (Å²) in [4.78, 5) is 20.6. The summed E-state index contributed by atoms with van der Waals surface area (Å²) < 4.78 is 0. The smallest absolute Gasteiger partial charge is 0.328 e. The van der Waals surface area contributed by atoms with Crippen LogP contribution in [0.25, 0.3) is 0 Å². The van der Waals surface area contributed by atoms with E-state index in [2.05, 4.69) is 0 Å². The number of nitrogens with two attached hydrogens (primary N) is 1. The Bertz CT molecular complexity index is 231. The second kappa shape index (κ2) is 7.59. The highest BCUT2D eigenvalue weighted by molar-refractivity contribution is 5.89. The van der Waals surface area contributed by atoms with Crippen LogP contribution in [0.15, 0.2) is 12.2 Å². The molecule has 5 N–H and O–H groups in total. The number of nitrogens with zero attached hydrogens (tertiary/aromatic N) is 1. The number of nitrogens with one attached hydrogen (secondary N) is 1. The van der Waals surface area contributed by atoms with Crippen molar-refractivity contribution in [3.05, 3.63) is 12.2 Å². The zero-order chi connectivity index (χ0) is 11.7. The van der Waals surface area contributed by atoms with Gasteiger partial charge < -0.3 is 20.8 Å². The molecule has 0 spiro atoms. The van der Waals surface area contributed by atoms with Gasteiger partial charge in [-0.2, -0.15) is 0 Å². The van der Waals surface area contributed by atoms with Gasteiger partial charge in [0.25, 0.3) is 0 Å². The van der Waals surface area contributed by atoms with Crippen LogP contribution in [0.1, 0.15) is 0 Å². The fourth-order valence-corrected chi connectivity index (χ4v) is 0.143. The Balaban J connectivity index is 0. The summed E-state index contributed by atoms with van der Waals surface area (Å²) >= 11 is 0. The first kappa shape index (κ1) is 14.5. The van der Waals surface area contributed by atoms with Crippen molar-refractivity contribution in [1.29, 1.82) is 5.41 Å². The normalized spacial score (nSPS) is 8.71. The van der Waals surface area contributed by atoms with Gasteiger partial charge in [-0.15, -0.1) is 0 Å². The van der Waals surface area contributed by atoms with Gasteiger partial charge in [0.2, 0.25) is 0 Å². The van der Waals surface area contributed by atoms with Crippen LogP contribution in [-0.2, 0) is 9.59 Å².